The smallest absolute Gasteiger partial charge is 0.191 e. The number of rotatable bonds is 8. The maximum Gasteiger partial charge on any atom is 0.191 e. The third-order valence-electron chi connectivity index (χ3n) is 5.65. The van der Waals surface area contributed by atoms with E-state index in [4.69, 9.17) is 0 Å². The van der Waals surface area contributed by atoms with Crippen LogP contribution in [0.5, 0.6) is 0 Å². The summed E-state index contributed by atoms with van der Waals surface area (Å²) in [6, 6.07) is 7.15. The van der Waals surface area contributed by atoms with Gasteiger partial charge in [0.25, 0.3) is 0 Å². The number of thioether (sulfide) groups is 1. The Bertz CT molecular complexity index is 829. The monoisotopic (exact) mass is 542 g/mol. The summed E-state index contributed by atoms with van der Waals surface area (Å²) in [4.78, 5) is 4.35. The Hall–Kier alpha value is -1.29. The summed E-state index contributed by atoms with van der Waals surface area (Å²) < 4.78 is 2.39. The van der Waals surface area contributed by atoms with E-state index in [1.54, 1.807) is 11.8 Å². The second kappa shape index (κ2) is 12.5. The van der Waals surface area contributed by atoms with Gasteiger partial charge in [-0.2, -0.15) is 0 Å². The van der Waals surface area contributed by atoms with Crippen molar-refractivity contribution in [2.45, 2.75) is 70.1 Å². The average molecular weight is 543 g/mol. The molecule has 0 aliphatic heterocycles. The minimum Gasteiger partial charge on any atom is -0.356 e. The van der Waals surface area contributed by atoms with Crippen LogP contribution in [-0.2, 0) is 13.0 Å². The highest BCUT2D eigenvalue weighted by Gasteiger charge is 2.23. The Morgan fingerprint density at radius 2 is 1.97 bits per heavy atom. The fraction of sp³-hybridized carbons (Fsp3) is 0.591. The Labute approximate surface area is 202 Å². The van der Waals surface area contributed by atoms with Crippen molar-refractivity contribution in [1.29, 1.82) is 0 Å². The van der Waals surface area contributed by atoms with Gasteiger partial charge in [-0.1, -0.05) is 48.4 Å². The largest absolute Gasteiger partial charge is 0.356 e. The second-order valence-corrected chi connectivity index (χ2v) is 8.57. The number of nitrogens with one attached hydrogen (secondary N) is 2. The zero-order valence-electron chi connectivity index (χ0n) is 18.6. The number of guanidine groups is 1. The lowest BCUT2D eigenvalue weighted by atomic mass is 10.1. The number of hydrogen-bond donors (Lipinski definition) is 2. The van der Waals surface area contributed by atoms with Gasteiger partial charge >= 0.3 is 0 Å². The van der Waals surface area contributed by atoms with Crippen LogP contribution in [0.4, 0.5) is 0 Å². The molecule has 0 radical (unpaired) electrons. The van der Waals surface area contributed by atoms with Gasteiger partial charge in [-0.3, -0.25) is 4.99 Å². The van der Waals surface area contributed by atoms with Crippen LogP contribution >= 0.6 is 35.7 Å². The van der Waals surface area contributed by atoms with E-state index in [9.17, 15) is 0 Å². The Kier molecular flexibility index (Phi) is 10.4. The van der Waals surface area contributed by atoms with Crippen molar-refractivity contribution in [3.05, 3.63) is 40.7 Å². The number of benzene rings is 1. The van der Waals surface area contributed by atoms with E-state index < -0.39 is 0 Å². The first-order valence-corrected chi connectivity index (χ1v) is 11.8. The predicted molar refractivity (Wildman–Crippen MR) is 137 cm³/mol. The molecule has 0 spiro atoms. The fourth-order valence-electron chi connectivity index (χ4n) is 4.04. The topological polar surface area (TPSA) is 67.1 Å². The quantitative estimate of drug-likeness (QED) is 0.167. The summed E-state index contributed by atoms with van der Waals surface area (Å²) in [5.41, 5.74) is 3.90. The SMILES string of the molecule is CN=C(NCCCc1nnc(SC)n1C1CCCC1)NCc1ccc(C)cc1C.I. The lowest BCUT2D eigenvalue weighted by molar-refractivity contribution is 0.460. The summed E-state index contributed by atoms with van der Waals surface area (Å²) in [6.07, 6.45) is 9.18. The average Bonchev–Trinajstić information content (AvgIpc) is 3.37. The molecule has 0 atom stereocenters. The number of aliphatic imine (C=N–C) groups is 1. The van der Waals surface area contributed by atoms with Crippen molar-refractivity contribution < 1.29 is 0 Å². The number of nitrogens with zero attached hydrogens (tertiary/aromatic N) is 4. The zero-order valence-corrected chi connectivity index (χ0v) is 21.7. The highest BCUT2D eigenvalue weighted by molar-refractivity contribution is 14.0. The molecule has 1 aliphatic carbocycles. The molecule has 6 nitrogen and oxygen atoms in total. The highest BCUT2D eigenvalue weighted by Crippen LogP contribution is 2.33. The van der Waals surface area contributed by atoms with Gasteiger partial charge in [0.1, 0.15) is 5.82 Å². The number of aryl methyl sites for hydroxylation is 3. The molecule has 0 amide bonds. The molecule has 2 N–H and O–H groups in total. The van der Waals surface area contributed by atoms with Crippen LogP contribution in [-0.4, -0.2) is 40.6 Å². The van der Waals surface area contributed by atoms with Crippen LogP contribution in [0.2, 0.25) is 0 Å². The molecule has 1 aromatic carbocycles. The molecule has 0 unspecified atom stereocenters. The Morgan fingerprint density at radius 3 is 2.63 bits per heavy atom. The van der Waals surface area contributed by atoms with Crippen LogP contribution in [0, 0.1) is 13.8 Å². The van der Waals surface area contributed by atoms with Crippen molar-refractivity contribution in [2.75, 3.05) is 19.8 Å². The second-order valence-electron chi connectivity index (χ2n) is 7.80. The Balaban J connectivity index is 0.00000320. The maximum atomic E-state index is 4.48. The van der Waals surface area contributed by atoms with E-state index in [1.165, 1.54) is 42.4 Å². The molecular weight excluding hydrogens is 507 g/mol. The fourth-order valence-corrected chi connectivity index (χ4v) is 4.62. The minimum absolute atomic E-state index is 0. The molecule has 1 fully saturated rings. The van der Waals surface area contributed by atoms with E-state index in [2.05, 4.69) is 68.7 Å². The van der Waals surface area contributed by atoms with Gasteiger partial charge in [0, 0.05) is 32.6 Å². The summed E-state index contributed by atoms with van der Waals surface area (Å²) in [5.74, 6) is 1.97. The first-order chi connectivity index (χ1) is 14.1. The molecule has 30 heavy (non-hydrogen) atoms. The van der Waals surface area contributed by atoms with E-state index in [0.29, 0.717) is 6.04 Å². The van der Waals surface area contributed by atoms with Crippen LogP contribution in [0.1, 0.15) is 60.7 Å². The molecular formula is C22H35IN6S. The van der Waals surface area contributed by atoms with Crippen molar-refractivity contribution in [3.8, 4) is 0 Å². The molecule has 0 saturated heterocycles. The third-order valence-corrected chi connectivity index (χ3v) is 6.29. The number of hydrogen-bond acceptors (Lipinski definition) is 4. The van der Waals surface area contributed by atoms with Gasteiger partial charge < -0.3 is 15.2 Å². The van der Waals surface area contributed by atoms with Crippen LogP contribution < -0.4 is 10.6 Å². The van der Waals surface area contributed by atoms with Gasteiger partial charge in [-0.05, 0) is 50.5 Å². The molecule has 1 aliphatic rings. The normalized spacial score (nSPS) is 14.6. The van der Waals surface area contributed by atoms with Crippen LogP contribution in [0.15, 0.2) is 28.3 Å². The molecule has 166 valence electrons. The van der Waals surface area contributed by atoms with E-state index in [0.717, 1.165) is 42.9 Å². The third kappa shape index (κ3) is 6.60. The standard InChI is InChI=1S/C22H34N6S.HI/c1-16-11-12-18(17(2)14-16)15-25-21(23-3)24-13-7-10-20-26-27-22(29-4)28(20)19-8-5-6-9-19;/h11-12,14,19H,5-10,13,15H2,1-4H3,(H2,23,24,25);1H. The lowest BCUT2D eigenvalue weighted by Crippen LogP contribution is -2.37. The first kappa shape index (κ1) is 25.0. The Morgan fingerprint density at radius 1 is 1.20 bits per heavy atom. The lowest BCUT2D eigenvalue weighted by Gasteiger charge is -2.16. The van der Waals surface area contributed by atoms with E-state index in [1.807, 2.05) is 7.05 Å². The van der Waals surface area contributed by atoms with Crippen LogP contribution in [0.3, 0.4) is 0 Å². The van der Waals surface area contributed by atoms with Crippen molar-refractivity contribution in [2.24, 2.45) is 4.99 Å². The van der Waals surface area contributed by atoms with Crippen molar-refractivity contribution in [1.82, 2.24) is 25.4 Å². The summed E-state index contributed by atoms with van der Waals surface area (Å²) in [5, 5.41) is 16.8. The predicted octanol–water partition coefficient (Wildman–Crippen LogP) is 4.65. The molecule has 0 bridgehead atoms. The van der Waals surface area contributed by atoms with Gasteiger partial charge in [0.2, 0.25) is 0 Å². The maximum absolute atomic E-state index is 4.48. The highest BCUT2D eigenvalue weighted by atomic mass is 127. The van der Waals surface area contributed by atoms with Crippen LogP contribution in [0.25, 0.3) is 0 Å². The molecule has 3 rings (SSSR count). The minimum atomic E-state index is 0. The van der Waals surface area contributed by atoms with Gasteiger partial charge in [0.05, 0.1) is 0 Å². The molecule has 8 heteroatoms. The first-order valence-electron chi connectivity index (χ1n) is 10.6. The molecule has 1 aromatic heterocycles. The van der Waals surface area contributed by atoms with Gasteiger partial charge in [-0.25, -0.2) is 0 Å². The zero-order chi connectivity index (χ0) is 20.6. The molecule has 1 saturated carbocycles. The summed E-state index contributed by atoms with van der Waals surface area (Å²) in [7, 11) is 1.82. The van der Waals surface area contributed by atoms with Crippen molar-refractivity contribution >= 4 is 41.7 Å². The summed E-state index contributed by atoms with van der Waals surface area (Å²) >= 11 is 1.70. The molecule has 2 aromatic rings. The van der Waals surface area contributed by atoms with E-state index in [-0.39, 0.29) is 24.0 Å². The number of aromatic nitrogens is 3. The van der Waals surface area contributed by atoms with E-state index >= 15 is 0 Å². The number of halogens is 1. The summed E-state index contributed by atoms with van der Waals surface area (Å²) in [6.45, 7) is 5.92. The van der Waals surface area contributed by atoms with Gasteiger partial charge in [0.15, 0.2) is 11.1 Å². The van der Waals surface area contributed by atoms with Gasteiger partial charge in [-0.15, -0.1) is 34.2 Å². The molecule has 1 heterocycles. The van der Waals surface area contributed by atoms with Crippen molar-refractivity contribution in [3.63, 3.8) is 0 Å².